The zero-order valence-corrected chi connectivity index (χ0v) is 43.9. The van der Waals surface area contributed by atoms with Gasteiger partial charge in [-0.25, -0.2) is 56.2 Å². The van der Waals surface area contributed by atoms with Gasteiger partial charge in [0.15, 0.2) is 15.0 Å². The molecule has 0 aromatic heterocycles. The monoisotopic (exact) mass is 963 g/mol. The van der Waals surface area contributed by atoms with Crippen LogP contribution in [-0.4, -0.2) is 190 Å². The number of nitrogens with zero attached hydrogens (tertiary/aromatic N) is 14. The van der Waals surface area contributed by atoms with Gasteiger partial charge in [0.1, 0.15) is 0 Å². The average molecular weight is 963 g/mol. The van der Waals surface area contributed by atoms with Crippen molar-refractivity contribution in [1.82, 2.24) is 46.7 Å². The van der Waals surface area contributed by atoms with E-state index in [1.165, 1.54) is 285 Å². The summed E-state index contributed by atoms with van der Waals surface area (Å²) in [6.07, 6.45) is 31.3. The van der Waals surface area contributed by atoms with Gasteiger partial charge in [0, 0.05) is 131 Å². The van der Waals surface area contributed by atoms with Crippen LogP contribution >= 0.6 is 30.0 Å². The summed E-state index contributed by atoms with van der Waals surface area (Å²) in [6.45, 7) is 24.1. The molecule has 0 N–H and O–H groups in total. The smallest absolute Gasteiger partial charge is 0.214 e. The summed E-state index contributed by atoms with van der Waals surface area (Å²) in [6, 6.07) is 0.449. The van der Waals surface area contributed by atoms with Crippen LogP contribution in [-0.2, 0) is 0 Å². The Kier molecular flexibility index (Phi) is 15.4. The molecule has 2 atom stereocenters. The Morgan fingerprint density at radius 3 is 0.578 bits per heavy atom. The molecule has 1 saturated carbocycles. The number of hydrogen-bond acceptors (Lipinski definition) is 2. The van der Waals surface area contributed by atoms with Gasteiger partial charge in [0.2, 0.25) is 15.0 Å². The van der Waals surface area contributed by atoms with Gasteiger partial charge in [-0.15, -0.1) is 0 Å². The molecule has 0 radical (unpaired) electrons. The van der Waals surface area contributed by atoms with Crippen LogP contribution in [0.15, 0.2) is 18.5 Å². The van der Waals surface area contributed by atoms with Crippen LogP contribution in [0.1, 0.15) is 154 Å². The lowest BCUT2D eigenvalue weighted by Crippen LogP contribution is -2.40. The van der Waals surface area contributed by atoms with Crippen LogP contribution in [0.4, 0.5) is 0 Å². The Labute approximate surface area is 390 Å². The molecule has 11 aliphatic rings. The second-order valence-corrected chi connectivity index (χ2v) is 33.4. The second-order valence-electron chi connectivity index (χ2n) is 21.6. The van der Waals surface area contributed by atoms with Gasteiger partial charge in [-0.05, 0) is 141 Å². The summed E-state index contributed by atoms with van der Waals surface area (Å²) in [5.41, 5.74) is 0. The maximum absolute atomic E-state index is 6.94. The molecule has 364 valence electrons. The highest BCUT2D eigenvalue weighted by Crippen LogP contribution is 2.76. The molecule has 0 bridgehead atoms. The Hall–Kier alpha value is 0.520. The van der Waals surface area contributed by atoms with Gasteiger partial charge in [-0.2, -0.15) is 9.03 Å². The van der Waals surface area contributed by atoms with Crippen molar-refractivity contribution in [2.75, 3.05) is 131 Å². The molecular weight excluding hydrogens is 872 g/mol. The average Bonchev–Trinajstić information content (AvgIpc) is 4.18. The van der Waals surface area contributed by atoms with E-state index in [1.807, 2.05) is 0 Å². The lowest BCUT2D eigenvalue weighted by atomic mass is 9.92. The first-order chi connectivity index (χ1) is 31.6. The van der Waals surface area contributed by atoms with E-state index in [2.05, 4.69) is 46.7 Å². The third-order valence-electron chi connectivity index (χ3n) is 17.4. The molecule has 10 aliphatic heterocycles. The molecule has 64 heavy (non-hydrogen) atoms. The van der Waals surface area contributed by atoms with Gasteiger partial charge in [0.25, 0.3) is 0 Å². The van der Waals surface area contributed by atoms with E-state index in [0.29, 0.717) is 0 Å². The van der Waals surface area contributed by atoms with E-state index in [1.54, 1.807) is 0 Å². The molecule has 11 fully saturated rings. The molecule has 14 nitrogen and oxygen atoms in total. The molecule has 0 aromatic rings. The van der Waals surface area contributed by atoms with Crippen LogP contribution in [0.5, 0.6) is 0 Å². The van der Waals surface area contributed by atoms with Crippen molar-refractivity contribution in [1.29, 1.82) is 0 Å². The molecule has 0 unspecified atom stereocenters. The van der Waals surface area contributed by atoms with Crippen molar-refractivity contribution in [2.45, 2.75) is 166 Å². The first kappa shape index (κ1) is 46.9. The summed E-state index contributed by atoms with van der Waals surface area (Å²) in [5.74, 6) is 0. The lowest BCUT2D eigenvalue weighted by Gasteiger charge is -2.50. The highest BCUT2D eigenvalue weighted by molar-refractivity contribution is 7.72. The number of hydrogen-bond donors (Lipinski definition) is 0. The van der Waals surface area contributed by atoms with Gasteiger partial charge in [-0.3, -0.25) is 0 Å². The first-order valence-corrected chi connectivity index (χ1v) is 34.1. The van der Waals surface area contributed by atoms with Gasteiger partial charge in [0.05, 0.1) is 12.1 Å². The topological polar surface area (TPSA) is 81.8 Å². The predicted octanol–water partition coefficient (Wildman–Crippen LogP) is 11.0. The molecule has 0 aromatic carbocycles. The highest BCUT2D eigenvalue weighted by atomic mass is 31.2. The molecule has 18 heteroatoms. The summed E-state index contributed by atoms with van der Waals surface area (Å²) < 4.78 is 57.3. The highest BCUT2D eigenvalue weighted by Gasteiger charge is 2.52. The Morgan fingerprint density at radius 1 is 0.219 bits per heavy atom. The Morgan fingerprint density at radius 2 is 0.391 bits per heavy atom. The molecule has 10 saturated heterocycles. The second kappa shape index (κ2) is 21.1. The van der Waals surface area contributed by atoms with Crippen molar-refractivity contribution in [2.24, 2.45) is 18.5 Å². The molecule has 0 spiro atoms. The quantitative estimate of drug-likeness (QED) is 0.157. The van der Waals surface area contributed by atoms with E-state index in [-0.39, 0.29) is 12.1 Å². The minimum atomic E-state index is -2.47. The molecule has 11 rings (SSSR count). The third kappa shape index (κ3) is 8.85. The Balaban J connectivity index is 1.15. The SMILES string of the molecule is C1CC[C@@H](N=P(N=P(N2CCCC2)(N2CCCC2)N2CCCC2)(N2CCCC2)N2CCCC2)[C@H](N=P(N=P(N2CCCC2)(N2CCCC2)N2CCCC2)(N2CCCC2)N2CCCC2)C1. The zero-order valence-electron chi connectivity index (χ0n) is 40.3. The zero-order chi connectivity index (χ0) is 42.9. The molecular formula is C46H90N14P4. The maximum atomic E-state index is 6.94. The van der Waals surface area contributed by atoms with Crippen LogP contribution < -0.4 is 0 Å². The van der Waals surface area contributed by atoms with Crippen LogP contribution in [0.25, 0.3) is 0 Å². The fraction of sp³-hybridized carbons (Fsp3) is 1.00. The summed E-state index contributed by atoms with van der Waals surface area (Å²) in [5, 5.41) is 0. The summed E-state index contributed by atoms with van der Waals surface area (Å²) >= 11 is 0. The van der Waals surface area contributed by atoms with Crippen molar-refractivity contribution < 1.29 is 0 Å². The fourth-order valence-electron chi connectivity index (χ4n) is 14.1. The third-order valence-corrected chi connectivity index (χ3v) is 34.0. The maximum Gasteiger partial charge on any atom is 0.214 e. The molecule has 0 amide bonds. The van der Waals surface area contributed by atoms with E-state index >= 15 is 0 Å². The Bertz CT molecular complexity index is 1510. The van der Waals surface area contributed by atoms with Crippen LogP contribution in [0.2, 0.25) is 0 Å². The molecule has 10 heterocycles. The minimum absolute atomic E-state index is 0.225. The van der Waals surface area contributed by atoms with E-state index in [9.17, 15) is 0 Å². The summed E-state index contributed by atoms with van der Waals surface area (Å²) in [7, 11) is -9.27. The van der Waals surface area contributed by atoms with Crippen LogP contribution in [0.3, 0.4) is 0 Å². The van der Waals surface area contributed by atoms with Gasteiger partial charge in [-0.1, -0.05) is 12.8 Å². The fourth-order valence-corrected chi connectivity index (χ4v) is 34.6. The van der Waals surface area contributed by atoms with Crippen molar-refractivity contribution in [3.8, 4) is 0 Å². The van der Waals surface area contributed by atoms with Gasteiger partial charge < -0.3 is 0 Å². The number of rotatable bonds is 14. The largest absolute Gasteiger partial charge is 0.249 e. The molecule has 1 aliphatic carbocycles. The van der Waals surface area contributed by atoms with Crippen molar-refractivity contribution in [3.63, 3.8) is 0 Å². The minimum Gasteiger partial charge on any atom is -0.249 e. The lowest BCUT2D eigenvalue weighted by molar-refractivity contribution is 0.370. The predicted molar refractivity (Wildman–Crippen MR) is 272 cm³/mol. The van der Waals surface area contributed by atoms with E-state index < -0.39 is 30.0 Å². The van der Waals surface area contributed by atoms with Gasteiger partial charge >= 0.3 is 0 Å². The normalized spacial score (nSPS) is 31.8. The van der Waals surface area contributed by atoms with E-state index in [0.717, 1.165) is 0 Å². The standard InChI is InChI=1S/C46H90N14P4/c1-2-24-46(48-62(53-29-7-8-30-53,54-31-9-10-32-54)50-64(58-39-17-18-40-58,59-41-19-20-42-59)60-43-21-22-44-60)45(23-1)47-61(51-25-3-4-26-51,52-27-5-6-28-52)49-63(55-33-11-12-34-55,56-35-13-14-36-56)57-37-15-16-38-57/h45-46H,1-44H2/t45-,46-/m1/s1. The first-order valence-electron chi connectivity index (χ1n) is 27.7. The van der Waals surface area contributed by atoms with Crippen molar-refractivity contribution in [3.05, 3.63) is 0 Å². The van der Waals surface area contributed by atoms with Crippen LogP contribution in [0, 0.1) is 0 Å². The summed E-state index contributed by atoms with van der Waals surface area (Å²) in [4.78, 5) is 0. The van der Waals surface area contributed by atoms with Crippen molar-refractivity contribution >= 4 is 30.0 Å². The van der Waals surface area contributed by atoms with E-state index in [4.69, 9.17) is 18.5 Å².